The van der Waals surface area contributed by atoms with E-state index in [2.05, 4.69) is 15.2 Å². The monoisotopic (exact) mass is 368 g/mol. The zero-order chi connectivity index (χ0) is 18.8. The summed E-state index contributed by atoms with van der Waals surface area (Å²) >= 11 is 0. The molecule has 27 heavy (non-hydrogen) atoms. The minimum Gasteiger partial charge on any atom is -0.338 e. The number of aromatic amines is 1. The van der Waals surface area contributed by atoms with Crippen LogP contribution in [0.4, 0.5) is 8.78 Å². The Morgan fingerprint density at radius 3 is 2.74 bits per heavy atom. The van der Waals surface area contributed by atoms with E-state index in [4.69, 9.17) is 0 Å². The summed E-state index contributed by atoms with van der Waals surface area (Å²) in [7, 11) is 0. The summed E-state index contributed by atoms with van der Waals surface area (Å²) in [6.45, 7) is 1.17. The molecule has 1 aliphatic heterocycles. The molecule has 0 spiro atoms. The molecule has 1 aliphatic rings. The van der Waals surface area contributed by atoms with Crippen LogP contribution in [0.1, 0.15) is 34.8 Å². The van der Waals surface area contributed by atoms with Gasteiger partial charge in [-0.05, 0) is 49.2 Å². The highest BCUT2D eigenvalue weighted by molar-refractivity contribution is 5.94. The van der Waals surface area contributed by atoms with E-state index in [0.717, 1.165) is 35.9 Å². The average Bonchev–Trinajstić information content (AvgIpc) is 3.18. The van der Waals surface area contributed by atoms with Gasteiger partial charge in [0.05, 0.1) is 5.69 Å². The van der Waals surface area contributed by atoms with Gasteiger partial charge < -0.3 is 4.90 Å². The normalized spacial score (nSPS) is 17.1. The Morgan fingerprint density at radius 2 is 1.96 bits per heavy atom. The zero-order valence-corrected chi connectivity index (χ0v) is 14.5. The number of carbonyl (C=O) groups excluding carboxylic acids is 1. The highest BCUT2D eigenvalue weighted by Crippen LogP contribution is 2.29. The molecule has 1 atom stereocenters. The molecule has 0 aliphatic carbocycles. The topological polar surface area (TPSA) is 61.9 Å². The van der Waals surface area contributed by atoms with Gasteiger partial charge in [0.1, 0.15) is 5.82 Å². The van der Waals surface area contributed by atoms with Crippen LogP contribution in [0, 0.1) is 11.8 Å². The second-order valence-corrected chi connectivity index (χ2v) is 6.67. The first kappa shape index (κ1) is 17.3. The third kappa shape index (κ3) is 3.72. The zero-order valence-electron chi connectivity index (χ0n) is 14.5. The predicted octanol–water partition coefficient (Wildman–Crippen LogP) is 3.77. The molecule has 3 heterocycles. The Hall–Kier alpha value is -3.09. The molecule has 0 unspecified atom stereocenters. The summed E-state index contributed by atoms with van der Waals surface area (Å²) in [5.41, 5.74) is 2.81. The summed E-state index contributed by atoms with van der Waals surface area (Å²) in [6.07, 6.45) is 3.09. The molecule has 5 nitrogen and oxygen atoms in total. The number of hydrogen-bond donors (Lipinski definition) is 1. The number of nitrogens with one attached hydrogen (secondary N) is 1. The van der Waals surface area contributed by atoms with Crippen molar-refractivity contribution >= 4 is 5.91 Å². The highest BCUT2D eigenvalue weighted by atomic mass is 19.1. The third-order valence-corrected chi connectivity index (χ3v) is 4.86. The maximum absolute atomic E-state index is 13.3. The van der Waals surface area contributed by atoms with Crippen molar-refractivity contribution in [1.82, 2.24) is 20.1 Å². The first-order valence-corrected chi connectivity index (χ1v) is 8.82. The third-order valence-electron chi connectivity index (χ3n) is 4.86. The van der Waals surface area contributed by atoms with Crippen molar-refractivity contribution in [3.63, 3.8) is 0 Å². The fraction of sp³-hybridized carbons (Fsp3) is 0.250. The van der Waals surface area contributed by atoms with Crippen molar-refractivity contribution in [2.24, 2.45) is 0 Å². The number of nitrogens with zero attached hydrogens (tertiary/aromatic N) is 3. The molecule has 2 aromatic heterocycles. The minimum atomic E-state index is -0.660. The van der Waals surface area contributed by atoms with E-state index in [1.165, 1.54) is 24.4 Å². The molecular formula is C20H18F2N4O. The molecule has 0 radical (unpaired) electrons. The second kappa shape index (κ2) is 7.26. The molecule has 3 aromatic rings. The summed E-state index contributed by atoms with van der Waals surface area (Å²) in [5.74, 6) is -1.02. The van der Waals surface area contributed by atoms with E-state index in [1.54, 1.807) is 17.0 Å². The molecule has 1 N–H and O–H groups in total. The first-order valence-electron chi connectivity index (χ1n) is 8.82. The van der Waals surface area contributed by atoms with Crippen LogP contribution in [-0.2, 0) is 0 Å². The smallest absolute Gasteiger partial charge is 0.254 e. The molecule has 1 amide bonds. The number of benzene rings is 1. The molecular weight excluding hydrogens is 350 g/mol. The predicted molar refractivity (Wildman–Crippen MR) is 96.1 cm³/mol. The Labute approximate surface area is 155 Å². The van der Waals surface area contributed by atoms with Gasteiger partial charge in [0.2, 0.25) is 5.95 Å². The second-order valence-electron chi connectivity index (χ2n) is 6.67. The van der Waals surface area contributed by atoms with Crippen molar-refractivity contribution in [3.8, 4) is 11.3 Å². The van der Waals surface area contributed by atoms with Crippen LogP contribution in [0.2, 0.25) is 0 Å². The first-order chi connectivity index (χ1) is 13.1. The van der Waals surface area contributed by atoms with Crippen molar-refractivity contribution in [2.45, 2.75) is 18.8 Å². The van der Waals surface area contributed by atoms with Crippen molar-refractivity contribution in [3.05, 3.63) is 71.7 Å². The van der Waals surface area contributed by atoms with Gasteiger partial charge in [-0.1, -0.05) is 0 Å². The SMILES string of the molecule is O=C(c1ccnc(F)c1)N1CCC[C@H](c2cc(-c3ccc(F)cc3)n[nH]2)C1. The number of aromatic nitrogens is 3. The number of amides is 1. The molecule has 138 valence electrons. The van der Waals surface area contributed by atoms with Crippen LogP contribution < -0.4 is 0 Å². The summed E-state index contributed by atoms with van der Waals surface area (Å²) in [5, 5.41) is 7.37. The van der Waals surface area contributed by atoms with E-state index in [-0.39, 0.29) is 17.6 Å². The van der Waals surface area contributed by atoms with Gasteiger partial charge in [0.15, 0.2) is 0 Å². The molecule has 1 fully saturated rings. The Balaban J connectivity index is 1.50. The number of piperidine rings is 1. The Morgan fingerprint density at radius 1 is 1.15 bits per heavy atom. The number of pyridine rings is 1. The van der Waals surface area contributed by atoms with E-state index >= 15 is 0 Å². The molecule has 0 saturated carbocycles. The number of likely N-dealkylation sites (tertiary alicyclic amines) is 1. The van der Waals surface area contributed by atoms with Gasteiger partial charge in [0.25, 0.3) is 5.91 Å². The lowest BCUT2D eigenvalue weighted by atomic mass is 9.94. The van der Waals surface area contributed by atoms with Gasteiger partial charge in [-0.3, -0.25) is 9.89 Å². The lowest BCUT2D eigenvalue weighted by Crippen LogP contribution is -2.39. The molecule has 4 rings (SSSR count). The molecule has 0 bridgehead atoms. The quantitative estimate of drug-likeness (QED) is 0.716. The van der Waals surface area contributed by atoms with Gasteiger partial charge in [-0.15, -0.1) is 0 Å². The standard InChI is InChI=1S/C20H18F2N4O/c21-16-5-3-13(4-6-16)17-11-18(25-24-17)15-2-1-9-26(12-15)20(27)14-7-8-23-19(22)10-14/h3-8,10-11,15H,1-2,9,12H2,(H,24,25)/t15-/m0/s1. The van der Waals surface area contributed by atoms with Crippen LogP contribution in [0.5, 0.6) is 0 Å². The number of carbonyl (C=O) groups is 1. The Bertz CT molecular complexity index is 955. The summed E-state index contributed by atoms with van der Waals surface area (Å²) < 4.78 is 26.4. The van der Waals surface area contributed by atoms with Crippen LogP contribution in [0.25, 0.3) is 11.3 Å². The molecule has 1 saturated heterocycles. The van der Waals surface area contributed by atoms with E-state index < -0.39 is 5.95 Å². The number of hydrogen-bond acceptors (Lipinski definition) is 3. The van der Waals surface area contributed by atoms with E-state index in [0.29, 0.717) is 18.7 Å². The van der Waals surface area contributed by atoms with E-state index in [9.17, 15) is 13.6 Å². The molecule has 1 aromatic carbocycles. The maximum atomic E-state index is 13.3. The summed E-state index contributed by atoms with van der Waals surface area (Å²) in [4.78, 5) is 17.9. The van der Waals surface area contributed by atoms with E-state index in [1.807, 2.05) is 6.07 Å². The van der Waals surface area contributed by atoms with Crippen molar-refractivity contribution in [2.75, 3.05) is 13.1 Å². The minimum absolute atomic E-state index is 0.121. The van der Waals surface area contributed by atoms with Crippen LogP contribution in [0.3, 0.4) is 0 Å². The molecule has 7 heteroatoms. The largest absolute Gasteiger partial charge is 0.338 e. The summed E-state index contributed by atoms with van der Waals surface area (Å²) in [6, 6.07) is 10.8. The van der Waals surface area contributed by atoms with Gasteiger partial charge in [-0.25, -0.2) is 9.37 Å². The maximum Gasteiger partial charge on any atom is 0.254 e. The van der Waals surface area contributed by atoms with Crippen LogP contribution >= 0.6 is 0 Å². The van der Waals surface area contributed by atoms with Gasteiger partial charge >= 0.3 is 0 Å². The van der Waals surface area contributed by atoms with Gasteiger partial charge in [-0.2, -0.15) is 9.49 Å². The fourth-order valence-corrected chi connectivity index (χ4v) is 3.45. The number of rotatable bonds is 3. The number of H-pyrrole nitrogens is 1. The fourth-order valence-electron chi connectivity index (χ4n) is 3.45. The van der Waals surface area contributed by atoms with Crippen molar-refractivity contribution < 1.29 is 13.6 Å². The number of halogens is 2. The Kier molecular flexibility index (Phi) is 4.66. The van der Waals surface area contributed by atoms with Crippen LogP contribution in [0.15, 0.2) is 48.7 Å². The lowest BCUT2D eigenvalue weighted by Gasteiger charge is -2.32. The highest BCUT2D eigenvalue weighted by Gasteiger charge is 2.27. The van der Waals surface area contributed by atoms with Gasteiger partial charge in [0, 0.05) is 48.1 Å². The van der Waals surface area contributed by atoms with Crippen LogP contribution in [-0.4, -0.2) is 39.1 Å². The average molecular weight is 368 g/mol. The lowest BCUT2D eigenvalue weighted by molar-refractivity contribution is 0.0705. The van der Waals surface area contributed by atoms with Crippen molar-refractivity contribution in [1.29, 1.82) is 0 Å².